The minimum absolute atomic E-state index is 0.551. The summed E-state index contributed by atoms with van der Waals surface area (Å²) in [7, 11) is 0. The third kappa shape index (κ3) is 3.32. The highest BCUT2D eigenvalue weighted by molar-refractivity contribution is 9.10. The minimum atomic E-state index is 0.551. The molecule has 17 heavy (non-hydrogen) atoms. The van der Waals surface area contributed by atoms with E-state index in [-0.39, 0.29) is 0 Å². The van der Waals surface area contributed by atoms with E-state index in [0.717, 1.165) is 15.8 Å². The van der Waals surface area contributed by atoms with E-state index in [1.807, 2.05) is 23.9 Å². The molecular weight excluding hydrogens is 296 g/mol. The summed E-state index contributed by atoms with van der Waals surface area (Å²) in [6.07, 6.45) is 7.44. The van der Waals surface area contributed by atoms with Crippen LogP contribution in [0.3, 0.4) is 0 Å². The number of nitrogens with two attached hydrogens (primary N) is 1. The van der Waals surface area contributed by atoms with Gasteiger partial charge in [-0.15, -0.1) is 0 Å². The van der Waals surface area contributed by atoms with Gasteiger partial charge in [0, 0.05) is 15.8 Å². The molecule has 94 valence electrons. The number of benzene rings is 1. The minimum Gasteiger partial charge on any atom is -0.397 e. The molecule has 0 aromatic heterocycles. The van der Waals surface area contributed by atoms with Crippen molar-refractivity contribution < 1.29 is 0 Å². The Morgan fingerprint density at radius 1 is 1.35 bits per heavy atom. The van der Waals surface area contributed by atoms with Crippen LogP contribution in [-0.2, 0) is 0 Å². The first kappa shape index (κ1) is 13.1. The van der Waals surface area contributed by atoms with E-state index in [1.54, 1.807) is 0 Å². The lowest BCUT2D eigenvalue weighted by atomic mass is 9.94. The van der Waals surface area contributed by atoms with Crippen LogP contribution in [-0.4, -0.2) is 17.5 Å². The SMILES string of the molecule is CSC1CCCCC1Nc1cc(Br)ccc1N. The van der Waals surface area contributed by atoms with Crippen LogP contribution in [0.2, 0.25) is 0 Å². The molecule has 2 atom stereocenters. The lowest BCUT2D eigenvalue weighted by Gasteiger charge is -2.32. The van der Waals surface area contributed by atoms with Crippen LogP contribution in [0.15, 0.2) is 22.7 Å². The number of nitrogen functional groups attached to an aromatic ring is 1. The van der Waals surface area contributed by atoms with Crippen molar-refractivity contribution in [2.75, 3.05) is 17.3 Å². The standard InChI is InChI=1S/C13H19BrN2S/c1-17-13-5-3-2-4-11(13)16-12-8-9(14)6-7-10(12)15/h6-8,11,13,16H,2-5,15H2,1H3. The zero-order chi connectivity index (χ0) is 12.3. The van der Waals surface area contributed by atoms with Gasteiger partial charge >= 0.3 is 0 Å². The Bertz CT molecular complexity index is 384. The molecule has 1 fully saturated rings. The van der Waals surface area contributed by atoms with Crippen LogP contribution in [0.4, 0.5) is 11.4 Å². The Morgan fingerprint density at radius 2 is 2.12 bits per heavy atom. The van der Waals surface area contributed by atoms with E-state index in [2.05, 4.69) is 33.6 Å². The number of hydrogen-bond donors (Lipinski definition) is 2. The predicted molar refractivity (Wildman–Crippen MR) is 81.7 cm³/mol. The van der Waals surface area contributed by atoms with Crippen molar-refractivity contribution in [3.05, 3.63) is 22.7 Å². The van der Waals surface area contributed by atoms with Gasteiger partial charge in [-0.2, -0.15) is 11.8 Å². The summed E-state index contributed by atoms with van der Waals surface area (Å²) in [6.45, 7) is 0. The Kier molecular flexibility index (Phi) is 4.62. The van der Waals surface area contributed by atoms with E-state index < -0.39 is 0 Å². The van der Waals surface area contributed by atoms with Crippen molar-refractivity contribution in [1.29, 1.82) is 0 Å². The molecule has 1 aliphatic carbocycles. The number of nitrogens with one attached hydrogen (secondary N) is 1. The quantitative estimate of drug-likeness (QED) is 0.824. The molecule has 1 aliphatic rings. The van der Waals surface area contributed by atoms with Crippen molar-refractivity contribution in [3.63, 3.8) is 0 Å². The molecule has 2 unspecified atom stereocenters. The fourth-order valence-electron chi connectivity index (χ4n) is 2.40. The highest BCUT2D eigenvalue weighted by atomic mass is 79.9. The first-order valence-corrected chi connectivity index (χ1v) is 8.13. The van der Waals surface area contributed by atoms with Crippen LogP contribution in [0.25, 0.3) is 0 Å². The Hall–Kier alpha value is -0.350. The monoisotopic (exact) mass is 314 g/mol. The van der Waals surface area contributed by atoms with Gasteiger partial charge in [0.1, 0.15) is 0 Å². The lowest BCUT2D eigenvalue weighted by Crippen LogP contribution is -2.34. The van der Waals surface area contributed by atoms with Crippen molar-refractivity contribution >= 4 is 39.1 Å². The van der Waals surface area contributed by atoms with Crippen LogP contribution in [0, 0.1) is 0 Å². The zero-order valence-electron chi connectivity index (χ0n) is 10.1. The maximum atomic E-state index is 6.00. The summed E-state index contributed by atoms with van der Waals surface area (Å²) in [4.78, 5) is 0. The van der Waals surface area contributed by atoms with E-state index in [0.29, 0.717) is 11.3 Å². The van der Waals surface area contributed by atoms with Crippen molar-refractivity contribution in [1.82, 2.24) is 0 Å². The van der Waals surface area contributed by atoms with Gasteiger partial charge in [0.05, 0.1) is 11.4 Å². The van der Waals surface area contributed by atoms with Crippen LogP contribution < -0.4 is 11.1 Å². The summed E-state index contributed by atoms with van der Waals surface area (Å²) in [5.74, 6) is 0. The van der Waals surface area contributed by atoms with Gasteiger partial charge in [-0.3, -0.25) is 0 Å². The van der Waals surface area contributed by atoms with E-state index >= 15 is 0 Å². The molecule has 4 heteroatoms. The molecule has 1 aromatic rings. The fraction of sp³-hybridized carbons (Fsp3) is 0.538. The van der Waals surface area contributed by atoms with E-state index in [4.69, 9.17) is 5.73 Å². The molecule has 0 spiro atoms. The second-order valence-electron chi connectivity index (χ2n) is 4.54. The van der Waals surface area contributed by atoms with Crippen molar-refractivity contribution in [2.45, 2.75) is 37.0 Å². The molecule has 0 heterocycles. The van der Waals surface area contributed by atoms with Gasteiger partial charge < -0.3 is 11.1 Å². The zero-order valence-corrected chi connectivity index (χ0v) is 12.5. The number of rotatable bonds is 3. The normalized spacial score (nSPS) is 24.6. The van der Waals surface area contributed by atoms with Crippen LogP contribution >= 0.6 is 27.7 Å². The molecule has 2 rings (SSSR count). The third-order valence-electron chi connectivity index (χ3n) is 3.36. The summed E-state index contributed by atoms with van der Waals surface area (Å²) >= 11 is 5.46. The molecule has 0 saturated heterocycles. The molecule has 1 aromatic carbocycles. The van der Waals surface area contributed by atoms with Gasteiger partial charge in [0.15, 0.2) is 0 Å². The molecule has 3 N–H and O–H groups in total. The number of halogens is 1. The molecular formula is C13H19BrN2S. The van der Waals surface area contributed by atoms with Gasteiger partial charge in [-0.1, -0.05) is 28.8 Å². The molecule has 0 amide bonds. The second kappa shape index (κ2) is 6.01. The summed E-state index contributed by atoms with van der Waals surface area (Å²) in [6, 6.07) is 6.55. The van der Waals surface area contributed by atoms with Crippen molar-refractivity contribution in [2.24, 2.45) is 0 Å². The van der Waals surface area contributed by atoms with Gasteiger partial charge in [-0.25, -0.2) is 0 Å². The molecule has 2 nitrogen and oxygen atoms in total. The van der Waals surface area contributed by atoms with Crippen LogP contribution in [0.1, 0.15) is 25.7 Å². The molecule has 0 radical (unpaired) electrons. The smallest absolute Gasteiger partial charge is 0.0587 e. The highest BCUT2D eigenvalue weighted by Crippen LogP contribution is 2.32. The molecule has 0 aliphatic heterocycles. The fourth-order valence-corrected chi connectivity index (χ4v) is 3.69. The molecule has 1 saturated carbocycles. The average Bonchev–Trinajstić information content (AvgIpc) is 2.34. The Morgan fingerprint density at radius 3 is 2.88 bits per heavy atom. The van der Waals surface area contributed by atoms with E-state index in [1.165, 1.54) is 25.7 Å². The number of thioether (sulfide) groups is 1. The van der Waals surface area contributed by atoms with E-state index in [9.17, 15) is 0 Å². The Balaban J connectivity index is 2.10. The molecule has 0 bridgehead atoms. The first-order chi connectivity index (χ1) is 8.20. The van der Waals surface area contributed by atoms with Gasteiger partial charge in [0.2, 0.25) is 0 Å². The van der Waals surface area contributed by atoms with Gasteiger partial charge in [-0.05, 0) is 37.3 Å². The first-order valence-electron chi connectivity index (χ1n) is 6.05. The predicted octanol–water partition coefficient (Wildman–Crippen LogP) is 4.12. The topological polar surface area (TPSA) is 38.0 Å². The average molecular weight is 315 g/mol. The largest absolute Gasteiger partial charge is 0.397 e. The number of anilines is 2. The Labute approximate surface area is 116 Å². The summed E-state index contributed by atoms with van der Waals surface area (Å²) < 4.78 is 1.07. The van der Waals surface area contributed by atoms with Gasteiger partial charge in [0.25, 0.3) is 0 Å². The number of hydrogen-bond acceptors (Lipinski definition) is 3. The summed E-state index contributed by atoms with van der Waals surface area (Å²) in [5.41, 5.74) is 7.90. The maximum absolute atomic E-state index is 6.00. The third-order valence-corrected chi connectivity index (χ3v) is 5.02. The summed E-state index contributed by atoms with van der Waals surface area (Å²) in [5, 5.41) is 4.33. The second-order valence-corrected chi connectivity index (χ2v) is 6.53. The van der Waals surface area contributed by atoms with Crippen LogP contribution in [0.5, 0.6) is 0 Å². The lowest BCUT2D eigenvalue weighted by molar-refractivity contribution is 0.475. The van der Waals surface area contributed by atoms with Crippen molar-refractivity contribution in [3.8, 4) is 0 Å². The highest BCUT2D eigenvalue weighted by Gasteiger charge is 2.24. The maximum Gasteiger partial charge on any atom is 0.0587 e.